The van der Waals surface area contributed by atoms with Crippen LogP contribution < -0.4 is 0 Å². The molecule has 0 amide bonds. The van der Waals surface area contributed by atoms with Crippen molar-refractivity contribution in [2.75, 3.05) is 0 Å². The topological polar surface area (TPSA) is 0 Å². The largest absolute Gasteiger partial charge is 0.0917 e. The third-order valence-electron chi connectivity index (χ3n) is 43.7. The Morgan fingerprint density at radius 3 is 0.531 bits per heavy atom. The summed E-state index contributed by atoms with van der Waals surface area (Å²) in [5.74, 6) is 29.1. The van der Waals surface area contributed by atoms with Crippen molar-refractivity contribution in [1.29, 1.82) is 0 Å². The number of hydrogen-bond acceptors (Lipinski definition) is 0. The van der Waals surface area contributed by atoms with Crippen molar-refractivity contribution in [3.05, 3.63) is 85.1 Å². The summed E-state index contributed by atoms with van der Waals surface area (Å²) in [6, 6.07) is 0. The molecule has 0 bridgehead atoms. The van der Waals surface area contributed by atoms with E-state index in [1.54, 1.807) is 141 Å². The minimum Gasteiger partial charge on any atom is -0.0917 e. The van der Waals surface area contributed by atoms with Crippen molar-refractivity contribution in [3.63, 3.8) is 0 Å². The smallest absolute Gasteiger partial charge is 0 e. The summed E-state index contributed by atoms with van der Waals surface area (Å²) in [6.07, 6.45) is 168. The van der Waals surface area contributed by atoms with Gasteiger partial charge in [0.05, 0.1) is 0 Å². The fraction of sp³-hybridized carbons (Fsp3) is 0.905. The molecule has 0 saturated heterocycles. The van der Waals surface area contributed by atoms with Crippen molar-refractivity contribution in [2.45, 2.75) is 681 Å². The Kier molecular flexibility index (Phi) is 74.8. The highest BCUT2D eigenvalue weighted by Gasteiger charge is 2.39. The summed E-state index contributed by atoms with van der Waals surface area (Å²) in [5, 5.41) is 0. The minimum atomic E-state index is 0. The van der Waals surface area contributed by atoms with Gasteiger partial charge in [-0.15, -0.1) is 0 Å². The van der Waals surface area contributed by atoms with Crippen LogP contribution in [0.15, 0.2) is 85.1 Å². The van der Waals surface area contributed by atoms with E-state index < -0.39 is 0 Å². The molecule has 882 valence electrons. The van der Waals surface area contributed by atoms with E-state index in [2.05, 4.69) is 182 Å². The van der Waals surface area contributed by atoms with Gasteiger partial charge < -0.3 is 0 Å². The number of allylic oxidation sites excluding steroid dienone is 14. The maximum Gasteiger partial charge on any atom is 0 e. The van der Waals surface area contributed by atoms with Gasteiger partial charge in [0.1, 0.15) is 0 Å². The van der Waals surface area contributed by atoms with Gasteiger partial charge in [-0.05, 0) is 481 Å². The molecule has 14 fully saturated rings. The molecule has 14 aliphatic carbocycles. The first-order valence-corrected chi connectivity index (χ1v) is 69.9. The van der Waals surface area contributed by atoms with Crippen LogP contribution in [-0.2, 0) is 0 Å². The first-order valence-electron chi connectivity index (χ1n) is 69.9. The molecule has 0 heteroatoms. The predicted molar refractivity (Wildman–Crippen MR) is 691 cm³/mol. The molecule has 0 unspecified atom stereocenters. The SMILES string of the molecule is C/C=C/CCC1CCC(C2CCC(C)CC2)CC1.CCC/C=C/C1CCC(C2CCC(CCCC)CC2)CC1.CCC/C=C/C1CCC(C2CCC(CCCCC)CC2)CC1.CCCC/C=C/C1CCC(C2CCC(CC)CC2)CC1.CCCC/C=C/C1CCC(C2CCC(CCC)CC2)CC1.CCCC/C=C/C1CCC(C2CCC(CCCC)CC2)CC1.CCCC/C=C/C1CCC(C2CCC(CCCCC)CC2)CC1.[HH].[HH].[HH].[HH].[HH].[HH].[HH].[HH].[HH].[HH].[HH].[HH].[HH].[HH]. The van der Waals surface area contributed by atoms with Gasteiger partial charge in [0.2, 0.25) is 0 Å². The average molecular weight is 2060 g/mol. The standard InChI is InChI=1S/C23H42.2C22H40.2C21H38.C20H36.C18H32.14H2/c1-3-5-7-9-11-21-14-18-23(19-15-21)22-16-12-20(13-17-22)10-8-6-4-2;1-3-5-7-8-10-20-13-17-22(18-14-20)21-15-11-19(12-16-21)9-6-4-2;1-3-5-7-9-19-11-15-21(16-12-19)22-17-13-20(14-18-22)10-8-6-4-2;1-3-5-6-7-9-19-12-16-21(17-13-19)20-14-10-18(8-4-2)11-15-20;1-3-5-7-9-19-12-16-21(17-13-19)20-14-10-18(11-15-20)8-6-4-2;1-3-5-6-7-8-18-11-15-20(16-12-18)19-13-9-17(4-2)10-14-19;1-3-4-5-6-16-9-13-18(14-10-16)17-11-7-15(2)8-12-17;;;;;;;;;;;;;;/h9,11,20-23H,3-8,10,12-19H2,1-2H3;8,10,19-22H,3-7,9,11-18H2,1-2H3;7,9,19-22H,3-6,8,10-18H2,1-2H3;2*7,9,18-21H,3-6,8,10-17H2,1-2H3;7-8,17-20H,3-6,9-16H2,1-2H3;3-4,15-18H,5-14H2,1-2H3;14*1H/b11-9+;10-8+;3*9-7+;8-7+;4-3+;;;;;;;;;;;;;;. The molecule has 0 aromatic rings. The maximum atomic E-state index is 2.55. The van der Waals surface area contributed by atoms with Crippen molar-refractivity contribution in [3.8, 4) is 0 Å². The molecule has 0 N–H and O–H groups in total. The van der Waals surface area contributed by atoms with E-state index in [1.807, 2.05) is 0 Å². The van der Waals surface area contributed by atoms with Crippen LogP contribution in [0, 0.1) is 166 Å². The van der Waals surface area contributed by atoms with Crippen molar-refractivity contribution in [2.24, 2.45) is 166 Å². The number of unbranched alkanes of at least 4 members (excludes halogenated alkanes) is 16. The Hall–Kier alpha value is -1.82. The van der Waals surface area contributed by atoms with Gasteiger partial charge in [0.25, 0.3) is 0 Å². The molecule has 0 aliphatic heterocycles. The molecule has 0 aromatic carbocycles. The molecule has 14 aliphatic rings. The van der Waals surface area contributed by atoms with E-state index in [9.17, 15) is 0 Å². The number of rotatable bonds is 49. The molecule has 14 rings (SSSR count). The van der Waals surface area contributed by atoms with Crippen LogP contribution in [0.1, 0.15) is 701 Å². The lowest BCUT2D eigenvalue weighted by molar-refractivity contribution is 0.148. The molecular weight excluding hydrogens is 1770 g/mol. The van der Waals surface area contributed by atoms with Gasteiger partial charge in [-0.1, -0.05) is 451 Å². The highest BCUT2D eigenvalue weighted by Crippen LogP contribution is 2.51. The van der Waals surface area contributed by atoms with E-state index in [0.29, 0.717) is 0 Å². The summed E-state index contributed by atoms with van der Waals surface area (Å²) in [4.78, 5) is 0. The van der Waals surface area contributed by atoms with E-state index in [1.165, 1.54) is 443 Å². The molecule has 14 saturated carbocycles. The zero-order valence-electron chi connectivity index (χ0n) is 103. The normalized spacial score (nSPS) is 34.4. The van der Waals surface area contributed by atoms with Gasteiger partial charge in [0.15, 0.2) is 0 Å². The monoisotopic (exact) mass is 2060 g/mol. The second-order valence-corrected chi connectivity index (χ2v) is 54.9. The Morgan fingerprint density at radius 2 is 0.333 bits per heavy atom. The molecule has 0 radical (unpaired) electrons. The summed E-state index contributed by atoms with van der Waals surface area (Å²) >= 11 is 0. The van der Waals surface area contributed by atoms with Crippen LogP contribution in [0.5, 0.6) is 0 Å². The molecule has 0 atom stereocenters. The average Bonchev–Trinajstić information content (AvgIpc) is 0.848. The van der Waals surface area contributed by atoms with E-state index >= 15 is 0 Å². The fourth-order valence-electron chi connectivity index (χ4n) is 33.0. The quantitative estimate of drug-likeness (QED) is 0.0421. The van der Waals surface area contributed by atoms with Crippen molar-refractivity contribution in [1.82, 2.24) is 0 Å². The highest BCUT2D eigenvalue weighted by molar-refractivity contribution is 5.00. The lowest BCUT2D eigenvalue weighted by Gasteiger charge is -2.37. The number of hydrogen-bond donors (Lipinski definition) is 0. The molecular formula is C147H294. The maximum absolute atomic E-state index is 2.55. The summed E-state index contributed by atoms with van der Waals surface area (Å²) in [5.41, 5.74) is 0. The van der Waals surface area contributed by atoms with Crippen LogP contribution in [0.4, 0.5) is 0 Å². The molecule has 147 heavy (non-hydrogen) atoms. The molecule has 0 spiro atoms. The molecule has 0 nitrogen and oxygen atoms in total. The molecule has 0 heterocycles. The lowest BCUT2D eigenvalue weighted by atomic mass is 9.68. The molecule has 0 aromatic heterocycles. The second-order valence-electron chi connectivity index (χ2n) is 54.9. The summed E-state index contributed by atoms with van der Waals surface area (Å²) in [7, 11) is 0. The van der Waals surface area contributed by atoms with E-state index in [0.717, 1.165) is 166 Å². The second kappa shape index (κ2) is 84.4. The predicted octanol–water partition coefficient (Wildman–Crippen LogP) is 53.5. The summed E-state index contributed by atoms with van der Waals surface area (Å²) < 4.78 is 0. The lowest BCUT2D eigenvalue weighted by Crippen LogP contribution is -2.25. The third kappa shape index (κ3) is 56.0. The van der Waals surface area contributed by atoms with Crippen molar-refractivity contribution >= 4 is 0 Å². The Morgan fingerprint density at radius 1 is 0.150 bits per heavy atom. The van der Waals surface area contributed by atoms with Gasteiger partial charge >= 0.3 is 0 Å². The van der Waals surface area contributed by atoms with Crippen LogP contribution in [0.25, 0.3) is 0 Å². The van der Waals surface area contributed by atoms with Crippen LogP contribution in [-0.4, -0.2) is 0 Å². The van der Waals surface area contributed by atoms with Gasteiger partial charge in [0, 0.05) is 20.0 Å². The third-order valence-corrected chi connectivity index (χ3v) is 43.7. The fourth-order valence-corrected chi connectivity index (χ4v) is 33.0. The van der Waals surface area contributed by atoms with E-state index in [4.69, 9.17) is 0 Å². The van der Waals surface area contributed by atoms with Crippen LogP contribution >= 0.6 is 0 Å². The highest BCUT2D eigenvalue weighted by atomic mass is 14.4. The van der Waals surface area contributed by atoms with Gasteiger partial charge in [-0.25, -0.2) is 0 Å². The minimum absolute atomic E-state index is 0. The zero-order chi connectivity index (χ0) is 104. The Labute approximate surface area is 946 Å². The van der Waals surface area contributed by atoms with Gasteiger partial charge in [-0.2, -0.15) is 0 Å². The zero-order valence-corrected chi connectivity index (χ0v) is 103. The summed E-state index contributed by atoms with van der Waals surface area (Å²) in [6.45, 7) is 32.3. The van der Waals surface area contributed by atoms with Crippen LogP contribution in [0.2, 0.25) is 0 Å². The Balaban J connectivity index is -0.000000339. The van der Waals surface area contributed by atoms with Crippen molar-refractivity contribution < 1.29 is 20.0 Å². The first kappa shape index (κ1) is 130. The van der Waals surface area contributed by atoms with Crippen LogP contribution in [0.3, 0.4) is 0 Å². The Bertz CT molecular complexity index is 3170. The first-order chi connectivity index (χ1) is 72.3. The van der Waals surface area contributed by atoms with Gasteiger partial charge in [-0.3, -0.25) is 0 Å². The van der Waals surface area contributed by atoms with E-state index in [-0.39, 0.29) is 20.0 Å².